The van der Waals surface area contributed by atoms with Crippen molar-refractivity contribution in [3.05, 3.63) is 57.8 Å². The van der Waals surface area contributed by atoms with Gasteiger partial charge in [0, 0.05) is 16.4 Å². The van der Waals surface area contributed by atoms with Crippen LogP contribution in [0.4, 0.5) is 18.9 Å². The summed E-state index contributed by atoms with van der Waals surface area (Å²) in [5.74, 6) is -0.521. The van der Waals surface area contributed by atoms with Gasteiger partial charge in [-0.05, 0) is 36.8 Å². The SMILES string of the molecule is Cc1ccc(NC(=O)c2ccc(C(F)(F)F)nc2)cc1Br. The van der Waals surface area contributed by atoms with Gasteiger partial charge in [0.05, 0.1) is 5.56 Å². The van der Waals surface area contributed by atoms with Crippen LogP contribution in [0.15, 0.2) is 41.0 Å². The van der Waals surface area contributed by atoms with Crippen molar-refractivity contribution in [2.75, 3.05) is 5.32 Å². The molecule has 3 nitrogen and oxygen atoms in total. The van der Waals surface area contributed by atoms with E-state index >= 15 is 0 Å². The van der Waals surface area contributed by atoms with Gasteiger partial charge in [-0.15, -0.1) is 0 Å². The van der Waals surface area contributed by atoms with E-state index in [1.165, 1.54) is 0 Å². The van der Waals surface area contributed by atoms with Gasteiger partial charge in [0.15, 0.2) is 0 Å². The second-order valence-electron chi connectivity index (χ2n) is 4.35. The van der Waals surface area contributed by atoms with Crippen LogP contribution in [-0.4, -0.2) is 10.9 Å². The van der Waals surface area contributed by atoms with Crippen molar-refractivity contribution in [1.82, 2.24) is 4.98 Å². The van der Waals surface area contributed by atoms with Crippen molar-refractivity contribution < 1.29 is 18.0 Å². The van der Waals surface area contributed by atoms with Gasteiger partial charge in [0.1, 0.15) is 5.69 Å². The summed E-state index contributed by atoms with van der Waals surface area (Å²) in [6, 6.07) is 7.10. The molecule has 2 rings (SSSR count). The maximum atomic E-state index is 12.4. The Morgan fingerprint density at radius 3 is 2.48 bits per heavy atom. The smallest absolute Gasteiger partial charge is 0.322 e. The first kappa shape index (κ1) is 15.5. The first-order valence-electron chi connectivity index (χ1n) is 5.88. The van der Waals surface area contributed by atoms with E-state index in [4.69, 9.17) is 0 Å². The molecule has 0 spiro atoms. The van der Waals surface area contributed by atoms with Crippen molar-refractivity contribution >= 4 is 27.5 Å². The lowest BCUT2D eigenvalue weighted by molar-refractivity contribution is -0.141. The molecule has 1 aromatic heterocycles. The minimum absolute atomic E-state index is 0.0553. The van der Waals surface area contributed by atoms with Gasteiger partial charge < -0.3 is 5.32 Å². The number of nitrogens with zero attached hydrogens (tertiary/aromatic N) is 1. The second kappa shape index (κ2) is 5.85. The molecule has 110 valence electrons. The number of amides is 1. The summed E-state index contributed by atoms with van der Waals surface area (Å²) < 4.78 is 38.0. The zero-order chi connectivity index (χ0) is 15.6. The van der Waals surface area contributed by atoms with Gasteiger partial charge in [-0.3, -0.25) is 9.78 Å². The molecular formula is C14H10BrF3N2O. The number of anilines is 1. The fourth-order valence-corrected chi connectivity index (χ4v) is 1.95. The number of benzene rings is 1. The number of hydrogen-bond donors (Lipinski definition) is 1. The van der Waals surface area contributed by atoms with Gasteiger partial charge in [0.25, 0.3) is 5.91 Å². The molecule has 0 saturated heterocycles. The summed E-state index contributed by atoms with van der Waals surface area (Å²) in [7, 11) is 0. The highest BCUT2D eigenvalue weighted by Gasteiger charge is 2.32. The van der Waals surface area contributed by atoms with Crippen molar-refractivity contribution in [3.8, 4) is 0 Å². The number of carbonyl (C=O) groups is 1. The topological polar surface area (TPSA) is 42.0 Å². The highest BCUT2D eigenvalue weighted by atomic mass is 79.9. The van der Waals surface area contributed by atoms with E-state index in [1.54, 1.807) is 12.1 Å². The van der Waals surface area contributed by atoms with Crippen LogP contribution < -0.4 is 5.32 Å². The third-order valence-corrected chi connectivity index (χ3v) is 3.60. The van der Waals surface area contributed by atoms with Gasteiger partial charge in [-0.25, -0.2) is 0 Å². The number of halogens is 4. The Kier molecular flexibility index (Phi) is 4.32. The van der Waals surface area contributed by atoms with Crippen molar-refractivity contribution in [2.45, 2.75) is 13.1 Å². The monoisotopic (exact) mass is 358 g/mol. The summed E-state index contributed by atoms with van der Waals surface area (Å²) in [6.45, 7) is 1.90. The van der Waals surface area contributed by atoms with Crippen LogP contribution in [0.1, 0.15) is 21.6 Å². The van der Waals surface area contributed by atoms with Gasteiger partial charge in [-0.1, -0.05) is 22.0 Å². The fraction of sp³-hybridized carbons (Fsp3) is 0.143. The van der Waals surface area contributed by atoms with Crippen LogP contribution in [0.2, 0.25) is 0 Å². The molecule has 2 aromatic rings. The van der Waals surface area contributed by atoms with Gasteiger partial charge in [-0.2, -0.15) is 13.2 Å². The van der Waals surface area contributed by atoms with E-state index in [1.807, 2.05) is 13.0 Å². The molecule has 0 aliphatic rings. The van der Waals surface area contributed by atoms with E-state index in [-0.39, 0.29) is 5.56 Å². The zero-order valence-corrected chi connectivity index (χ0v) is 12.4. The van der Waals surface area contributed by atoms with Crippen molar-refractivity contribution in [3.63, 3.8) is 0 Å². The average molecular weight is 359 g/mol. The number of aryl methyl sites for hydroxylation is 1. The number of carbonyl (C=O) groups excluding carboxylic acids is 1. The lowest BCUT2D eigenvalue weighted by atomic mass is 10.2. The highest BCUT2D eigenvalue weighted by Crippen LogP contribution is 2.27. The Hall–Kier alpha value is -1.89. The number of nitrogens with one attached hydrogen (secondary N) is 1. The highest BCUT2D eigenvalue weighted by molar-refractivity contribution is 9.10. The molecule has 0 fully saturated rings. The Balaban J connectivity index is 2.15. The molecule has 0 aliphatic carbocycles. The molecule has 0 unspecified atom stereocenters. The molecule has 0 saturated carbocycles. The average Bonchev–Trinajstić information content (AvgIpc) is 2.42. The molecule has 1 amide bonds. The van der Waals surface area contributed by atoms with Crippen LogP contribution >= 0.6 is 15.9 Å². The molecular weight excluding hydrogens is 349 g/mol. The molecule has 7 heteroatoms. The summed E-state index contributed by atoms with van der Waals surface area (Å²) in [6.07, 6.45) is -3.61. The van der Waals surface area contributed by atoms with Crippen LogP contribution in [0, 0.1) is 6.92 Å². The normalized spacial score (nSPS) is 11.3. The number of rotatable bonds is 2. The second-order valence-corrected chi connectivity index (χ2v) is 5.20. The molecule has 0 aliphatic heterocycles. The van der Waals surface area contributed by atoms with Gasteiger partial charge in [0.2, 0.25) is 0 Å². The first-order chi connectivity index (χ1) is 9.77. The summed E-state index contributed by atoms with van der Waals surface area (Å²) in [5, 5.41) is 2.59. The number of alkyl halides is 3. The predicted molar refractivity (Wildman–Crippen MR) is 76.1 cm³/mol. The van der Waals surface area contributed by atoms with Crippen LogP contribution in [0.25, 0.3) is 0 Å². The third kappa shape index (κ3) is 3.81. The Morgan fingerprint density at radius 2 is 1.95 bits per heavy atom. The third-order valence-electron chi connectivity index (χ3n) is 2.75. The van der Waals surface area contributed by atoms with Crippen LogP contribution in [-0.2, 0) is 6.18 Å². The standard InChI is InChI=1S/C14H10BrF3N2O/c1-8-2-4-10(6-11(8)15)20-13(21)9-3-5-12(19-7-9)14(16,17)18/h2-7H,1H3,(H,20,21). The summed E-state index contributed by atoms with van der Waals surface area (Å²) in [4.78, 5) is 15.2. The lowest BCUT2D eigenvalue weighted by Gasteiger charge is -2.08. The Labute approximate surface area is 127 Å². The van der Waals surface area contributed by atoms with E-state index in [0.717, 1.165) is 28.4 Å². The van der Waals surface area contributed by atoms with E-state index in [0.29, 0.717) is 5.69 Å². The van der Waals surface area contributed by atoms with Crippen molar-refractivity contribution in [2.24, 2.45) is 0 Å². The molecule has 1 aromatic carbocycles. The van der Waals surface area contributed by atoms with Gasteiger partial charge >= 0.3 is 6.18 Å². The van der Waals surface area contributed by atoms with E-state index < -0.39 is 17.8 Å². The zero-order valence-electron chi connectivity index (χ0n) is 10.8. The summed E-state index contributed by atoms with van der Waals surface area (Å²) >= 11 is 3.33. The van der Waals surface area contributed by atoms with Crippen LogP contribution in [0.3, 0.4) is 0 Å². The quantitative estimate of drug-likeness (QED) is 0.862. The minimum Gasteiger partial charge on any atom is -0.322 e. The van der Waals surface area contributed by atoms with E-state index in [2.05, 4.69) is 26.2 Å². The Bertz CT molecular complexity index is 669. The minimum atomic E-state index is -4.52. The van der Waals surface area contributed by atoms with Crippen LogP contribution in [0.5, 0.6) is 0 Å². The fourth-order valence-electron chi connectivity index (χ4n) is 1.57. The lowest BCUT2D eigenvalue weighted by Crippen LogP contribution is -2.14. The maximum absolute atomic E-state index is 12.4. The first-order valence-corrected chi connectivity index (χ1v) is 6.67. The molecule has 0 atom stereocenters. The van der Waals surface area contributed by atoms with E-state index in [9.17, 15) is 18.0 Å². The van der Waals surface area contributed by atoms with Crippen molar-refractivity contribution in [1.29, 1.82) is 0 Å². The molecule has 1 N–H and O–H groups in total. The number of aromatic nitrogens is 1. The Morgan fingerprint density at radius 1 is 1.24 bits per heavy atom. The largest absolute Gasteiger partial charge is 0.433 e. The maximum Gasteiger partial charge on any atom is 0.433 e. The molecule has 1 heterocycles. The summed E-state index contributed by atoms with van der Waals surface area (Å²) in [5.41, 5.74) is 0.568. The molecule has 0 radical (unpaired) electrons. The number of hydrogen-bond acceptors (Lipinski definition) is 2. The molecule has 0 bridgehead atoms. The number of pyridine rings is 1. The molecule has 21 heavy (non-hydrogen) atoms. The predicted octanol–water partition coefficient (Wildman–Crippen LogP) is 4.42.